The maximum absolute atomic E-state index is 12.3. The van der Waals surface area contributed by atoms with Gasteiger partial charge in [0.05, 0.1) is 30.9 Å². The van der Waals surface area contributed by atoms with Crippen LogP contribution in [0.1, 0.15) is 25.7 Å². The van der Waals surface area contributed by atoms with Crippen LogP contribution in [0.3, 0.4) is 0 Å². The molecule has 1 saturated heterocycles. The molecule has 3 rings (SSSR count). The molecule has 2 atom stereocenters. The molecule has 8 nitrogen and oxygen atoms in total. The first kappa shape index (κ1) is 16.3. The maximum Gasteiger partial charge on any atom is 0.314 e. The number of esters is 1. The third-order valence-corrected chi connectivity index (χ3v) is 5.91. The summed E-state index contributed by atoms with van der Waals surface area (Å²) in [5.74, 6) is -0.282. The molecule has 0 aromatic carbocycles. The quantitative estimate of drug-likeness (QED) is 0.765. The molecule has 0 amide bonds. The summed E-state index contributed by atoms with van der Waals surface area (Å²) in [7, 11) is -2.39. The lowest BCUT2D eigenvalue weighted by molar-refractivity contribution is -0.153. The third-order valence-electron chi connectivity index (χ3n) is 4.62. The van der Waals surface area contributed by atoms with Gasteiger partial charge in [0.25, 0.3) is 10.0 Å². The molecule has 9 heteroatoms. The number of hydrogen-bond donors (Lipinski definition) is 1. The van der Waals surface area contributed by atoms with Gasteiger partial charge < -0.3 is 9.47 Å². The van der Waals surface area contributed by atoms with Crippen LogP contribution in [0.2, 0.25) is 0 Å². The second-order valence-electron chi connectivity index (χ2n) is 6.14. The lowest BCUT2D eigenvalue weighted by Crippen LogP contribution is -2.46. The topological polar surface area (TPSA) is 107 Å². The molecule has 23 heavy (non-hydrogen) atoms. The fraction of sp³-hybridized carbons (Fsp3) is 0.643. The van der Waals surface area contributed by atoms with Gasteiger partial charge in [0.15, 0.2) is 5.03 Å². The number of rotatable bonds is 5. The zero-order valence-corrected chi connectivity index (χ0v) is 13.6. The first-order valence-electron chi connectivity index (χ1n) is 7.40. The van der Waals surface area contributed by atoms with Gasteiger partial charge in [-0.05, 0) is 25.7 Å². The monoisotopic (exact) mass is 341 g/mol. The highest BCUT2D eigenvalue weighted by Gasteiger charge is 2.57. The van der Waals surface area contributed by atoms with Gasteiger partial charge in [-0.3, -0.25) is 9.78 Å². The Kier molecular flexibility index (Phi) is 4.11. The van der Waals surface area contributed by atoms with Crippen LogP contribution < -0.4 is 4.72 Å². The van der Waals surface area contributed by atoms with Crippen LogP contribution in [0.25, 0.3) is 0 Å². The average molecular weight is 341 g/mol. The second kappa shape index (κ2) is 5.81. The summed E-state index contributed by atoms with van der Waals surface area (Å²) in [6, 6.07) is 0. The number of nitrogens with zero attached hydrogens (tertiary/aromatic N) is 2. The van der Waals surface area contributed by atoms with Gasteiger partial charge in [-0.2, -0.15) is 0 Å². The van der Waals surface area contributed by atoms with Gasteiger partial charge in [0.1, 0.15) is 0 Å². The molecule has 2 fully saturated rings. The van der Waals surface area contributed by atoms with Crippen molar-refractivity contribution in [1.82, 2.24) is 14.7 Å². The van der Waals surface area contributed by atoms with E-state index in [-0.39, 0.29) is 24.1 Å². The summed E-state index contributed by atoms with van der Waals surface area (Å²) in [6.07, 6.45) is 6.59. The Hall–Kier alpha value is -1.58. The maximum atomic E-state index is 12.3. The van der Waals surface area contributed by atoms with Crippen LogP contribution in [-0.4, -0.2) is 50.2 Å². The van der Waals surface area contributed by atoms with E-state index >= 15 is 0 Å². The summed E-state index contributed by atoms with van der Waals surface area (Å²) in [5.41, 5.74) is -1.31. The van der Waals surface area contributed by atoms with Crippen molar-refractivity contribution in [3.05, 3.63) is 18.6 Å². The van der Waals surface area contributed by atoms with E-state index in [1.165, 1.54) is 25.7 Å². The molecule has 1 aromatic heterocycles. The van der Waals surface area contributed by atoms with Crippen molar-refractivity contribution in [1.29, 1.82) is 0 Å². The van der Waals surface area contributed by atoms with Gasteiger partial charge in [0, 0.05) is 18.9 Å². The van der Waals surface area contributed by atoms with Crippen molar-refractivity contribution in [2.24, 2.45) is 5.41 Å². The van der Waals surface area contributed by atoms with Crippen LogP contribution in [-0.2, 0) is 24.3 Å². The van der Waals surface area contributed by atoms with Crippen LogP contribution in [0.15, 0.2) is 23.6 Å². The van der Waals surface area contributed by atoms with Crippen molar-refractivity contribution >= 4 is 16.0 Å². The van der Waals surface area contributed by atoms with E-state index in [0.717, 1.165) is 6.42 Å². The van der Waals surface area contributed by atoms with Gasteiger partial charge in [0.2, 0.25) is 0 Å². The minimum absolute atomic E-state index is 0.102. The van der Waals surface area contributed by atoms with Gasteiger partial charge in [-0.25, -0.2) is 18.1 Å². The summed E-state index contributed by atoms with van der Waals surface area (Å²) >= 11 is 0. The normalized spacial score (nSPS) is 30.1. The van der Waals surface area contributed by atoms with E-state index in [1.54, 1.807) is 0 Å². The molecule has 0 radical (unpaired) electrons. The van der Waals surface area contributed by atoms with Gasteiger partial charge in [-0.15, -0.1) is 0 Å². The number of fused-ring (bicyclic) bond motifs is 2. The highest BCUT2D eigenvalue weighted by molar-refractivity contribution is 7.89. The minimum Gasteiger partial charge on any atom is -0.469 e. The molecule has 1 N–H and O–H groups in total. The Labute approximate surface area is 134 Å². The third kappa shape index (κ3) is 2.96. The summed E-state index contributed by atoms with van der Waals surface area (Å²) in [6.45, 7) is 0.372. The van der Waals surface area contributed by atoms with E-state index in [0.29, 0.717) is 19.3 Å². The highest BCUT2D eigenvalue weighted by atomic mass is 32.2. The molecule has 2 heterocycles. The fourth-order valence-electron chi connectivity index (χ4n) is 3.46. The molecule has 1 aliphatic heterocycles. The first-order valence-corrected chi connectivity index (χ1v) is 8.88. The number of carbonyl (C=O) groups is 1. The Bertz CT molecular complexity index is 696. The zero-order chi connectivity index (χ0) is 16.6. The predicted molar refractivity (Wildman–Crippen MR) is 78.8 cm³/mol. The van der Waals surface area contributed by atoms with Crippen molar-refractivity contribution < 1.29 is 22.7 Å². The Balaban J connectivity index is 1.73. The summed E-state index contributed by atoms with van der Waals surface area (Å²) in [4.78, 5) is 19.6. The van der Waals surface area contributed by atoms with Crippen molar-refractivity contribution in [2.75, 3.05) is 20.3 Å². The standard InChI is InChI=1S/C14H19N3O5S/c1-21-12(18)13-3-2-4-14(8-13,22-10-13)9-17-23(19,20)11-7-15-5-6-16-11/h5-7,17H,2-4,8-10H2,1H3. The number of aromatic nitrogens is 2. The number of nitrogens with one attached hydrogen (secondary N) is 1. The lowest BCUT2D eigenvalue weighted by Gasteiger charge is -2.35. The van der Waals surface area contributed by atoms with E-state index in [2.05, 4.69) is 14.7 Å². The predicted octanol–water partition coefficient (Wildman–Crippen LogP) is 0.257. The van der Waals surface area contributed by atoms with Crippen LogP contribution in [0, 0.1) is 5.41 Å². The van der Waals surface area contributed by atoms with Crippen molar-refractivity contribution in [3.63, 3.8) is 0 Å². The van der Waals surface area contributed by atoms with E-state index in [4.69, 9.17) is 9.47 Å². The molecule has 2 bridgehead atoms. The lowest BCUT2D eigenvalue weighted by atomic mass is 9.70. The Morgan fingerprint density at radius 1 is 1.43 bits per heavy atom. The van der Waals surface area contributed by atoms with Gasteiger partial charge in [-0.1, -0.05) is 0 Å². The average Bonchev–Trinajstić information content (AvgIpc) is 2.85. The molecule has 1 aromatic rings. The molecular formula is C14H19N3O5S. The SMILES string of the molecule is COC(=O)C12CCCC(CNS(=O)(=O)c3cnccn3)(C1)OC2. The first-order chi connectivity index (χ1) is 10.9. The molecule has 2 aliphatic rings. The fourth-order valence-corrected chi connectivity index (χ4v) is 4.46. The number of ether oxygens (including phenoxy) is 2. The van der Waals surface area contributed by atoms with Crippen LogP contribution in [0.5, 0.6) is 0 Å². The van der Waals surface area contributed by atoms with Crippen LogP contribution >= 0.6 is 0 Å². The Morgan fingerprint density at radius 2 is 2.26 bits per heavy atom. The molecule has 0 spiro atoms. The highest BCUT2D eigenvalue weighted by Crippen LogP contribution is 2.50. The zero-order valence-electron chi connectivity index (χ0n) is 12.8. The van der Waals surface area contributed by atoms with E-state index in [1.807, 2.05) is 0 Å². The number of sulfonamides is 1. The molecular weight excluding hydrogens is 322 g/mol. The van der Waals surface area contributed by atoms with Crippen molar-refractivity contribution in [3.8, 4) is 0 Å². The van der Waals surface area contributed by atoms with E-state index in [9.17, 15) is 13.2 Å². The van der Waals surface area contributed by atoms with Gasteiger partial charge >= 0.3 is 5.97 Å². The number of hydrogen-bond acceptors (Lipinski definition) is 7. The second-order valence-corrected chi connectivity index (χ2v) is 7.86. The van der Waals surface area contributed by atoms with Crippen LogP contribution in [0.4, 0.5) is 0 Å². The number of carbonyl (C=O) groups excluding carboxylic acids is 1. The summed E-state index contributed by atoms with van der Waals surface area (Å²) < 4.78 is 37.8. The smallest absolute Gasteiger partial charge is 0.314 e. The van der Waals surface area contributed by atoms with Crippen molar-refractivity contribution in [2.45, 2.75) is 36.3 Å². The number of methoxy groups -OCH3 is 1. The minimum atomic E-state index is -3.75. The Morgan fingerprint density at radius 3 is 2.96 bits per heavy atom. The molecule has 2 unspecified atom stereocenters. The van der Waals surface area contributed by atoms with E-state index < -0.39 is 21.0 Å². The molecule has 1 aliphatic carbocycles. The molecule has 1 saturated carbocycles. The largest absolute Gasteiger partial charge is 0.469 e. The summed E-state index contributed by atoms with van der Waals surface area (Å²) in [5, 5.41) is -0.135. The molecule has 126 valence electrons.